The number of para-hydroxylation sites is 1. The van der Waals surface area contributed by atoms with E-state index in [2.05, 4.69) is 20.9 Å². The molecule has 3 N–H and O–H groups in total. The Morgan fingerprint density at radius 3 is 2.69 bits per heavy atom. The second kappa shape index (κ2) is 14.2. The van der Waals surface area contributed by atoms with Crippen LogP contribution in [-0.2, 0) is 14.3 Å². The average Bonchev–Trinajstić information content (AvgIpc) is 2.99. The number of hydrogen-bond donors (Lipinski definition) is 3. The van der Waals surface area contributed by atoms with Gasteiger partial charge < -0.3 is 35.1 Å². The number of benzene rings is 2. The quantitative estimate of drug-likeness (QED) is 0.397. The number of likely N-dealkylation sites (N-methyl/N-ethyl adjacent to an activating group) is 1. The van der Waals surface area contributed by atoms with Gasteiger partial charge in [-0.1, -0.05) is 23.7 Å². The van der Waals surface area contributed by atoms with Gasteiger partial charge in [0.2, 0.25) is 5.91 Å². The Kier molecular flexibility index (Phi) is 10.2. The molecular formula is C30H38ClN5O6. The first-order chi connectivity index (χ1) is 20.4. The molecule has 2 aromatic carbocycles. The molecule has 0 spiro atoms. The molecule has 2 fully saturated rings. The number of ether oxygens (including phenoxy) is 3. The van der Waals surface area contributed by atoms with Crippen LogP contribution in [0.15, 0.2) is 42.5 Å². The van der Waals surface area contributed by atoms with Gasteiger partial charge >= 0.3 is 6.03 Å². The van der Waals surface area contributed by atoms with Gasteiger partial charge in [-0.15, -0.1) is 0 Å². The van der Waals surface area contributed by atoms with Crippen molar-refractivity contribution >= 4 is 40.8 Å². The minimum Gasteiger partial charge on any atom is -0.490 e. The fourth-order valence-electron chi connectivity index (χ4n) is 5.59. The number of carbonyl (C=O) groups excluding carboxylic acids is 3. The number of hydrogen-bond acceptors (Lipinski definition) is 7. The third-order valence-corrected chi connectivity index (χ3v) is 8.21. The molecule has 5 rings (SSSR count). The van der Waals surface area contributed by atoms with Crippen LogP contribution in [0.3, 0.4) is 0 Å². The summed E-state index contributed by atoms with van der Waals surface area (Å²) in [5.74, 6) is 0.154. The van der Waals surface area contributed by atoms with E-state index in [1.54, 1.807) is 54.4 Å². The fraction of sp³-hybridized carbons (Fsp3) is 0.500. The predicted molar refractivity (Wildman–Crippen MR) is 159 cm³/mol. The summed E-state index contributed by atoms with van der Waals surface area (Å²) >= 11 is 6.13. The Hall–Kier alpha value is -3.38. The number of nitrogens with one attached hydrogen (secondary N) is 3. The minimum atomic E-state index is -0.483. The summed E-state index contributed by atoms with van der Waals surface area (Å²) < 4.78 is 17.7. The number of halogens is 1. The molecule has 0 bridgehead atoms. The molecule has 4 amide bonds. The maximum absolute atomic E-state index is 13.5. The van der Waals surface area contributed by atoms with E-state index in [9.17, 15) is 14.4 Å². The fourth-order valence-corrected chi connectivity index (χ4v) is 5.77. The van der Waals surface area contributed by atoms with E-state index in [1.807, 2.05) is 0 Å². The van der Waals surface area contributed by atoms with E-state index in [1.165, 1.54) is 0 Å². The number of urea groups is 1. The van der Waals surface area contributed by atoms with Crippen LogP contribution in [0.1, 0.15) is 36.0 Å². The van der Waals surface area contributed by atoms with Gasteiger partial charge in [-0.05, 0) is 56.1 Å². The van der Waals surface area contributed by atoms with Crippen LogP contribution in [0.25, 0.3) is 0 Å². The number of rotatable bonds is 8. The largest absolute Gasteiger partial charge is 0.490 e. The third-order valence-electron chi connectivity index (χ3n) is 7.88. The molecular weight excluding hydrogens is 562 g/mol. The van der Waals surface area contributed by atoms with E-state index in [0.29, 0.717) is 47.1 Å². The number of amides is 4. The number of carbonyl (C=O) groups is 3. The van der Waals surface area contributed by atoms with Crippen molar-refractivity contribution in [3.05, 3.63) is 53.1 Å². The van der Waals surface area contributed by atoms with Crippen LogP contribution < -0.4 is 20.7 Å². The molecule has 12 heteroatoms. The lowest BCUT2D eigenvalue weighted by Crippen LogP contribution is -2.54. The van der Waals surface area contributed by atoms with Crippen LogP contribution in [0.4, 0.5) is 16.2 Å². The van der Waals surface area contributed by atoms with Crippen molar-refractivity contribution in [3.63, 3.8) is 0 Å². The summed E-state index contributed by atoms with van der Waals surface area (Å²) in [7, 11) is 1.75. The van der Waals surface area contributed by atoms with Crippen molar-refractivity contribution < 1.29 is 28.6 Å². The van der Waals surface area contributed by atoms with Crippen molar-refractivity contribution in [2.24, 2.45) is 0 Å². The molecule has 0 radical (unpaired) electrons. The first-order valence-electron chi connectivity index (χ1n) is 14.5. The number of morpholine rings is 1. The van der Waals surface area contributed by atoms with E-state index in [-0.39, 0.29) is 43.1 Å². The molecule has 0 saturated carbocycles. The molecule has 3 atom stereocenters. The molecule has 2 saturated heterocycles. The highest BCUT2D eigenvalue weighted by atomic mass is 35.5. The van der Waals surface area contributed by atoms with Gasteiger partial charge in [0.05, 0.1) is 48.1 Å². The highest BCUT2D eigenvalue weighted by molar-refractivity contribution is 6.33. The highest BCUT2D eigenvalue weighted by Crippen LogP contribution is 2.32. The van der Waals surface area contributed by atoms with E-state index in [0.717, 1.165) is 39.3 Å². The van der Waals surface area contributed by atoms with Crippen molar-refractivity contribution in [2.75, 3.05) is 63.7 Å². The molecule has 3 aliphatic heterocycles. The van der Waals surface area contributed by atoms with Crippen LogP contribution in [0, 0.1) is 0 Å². The van der Waals surface area contributed by atoms with Crippen molar-refractivity contribution in [2.45, 2.75) is 43.9 Å². The van der Waals surface area contributed by atoms with E-state index >= 15 is 0 Å². The number of anilines is 2. The summed E-state index contributed by atoms with van der Waals surface area (Å²) in [6.45, 7) is 5.24. The number of nitrogens with zero attached hydrogens (tertiary/aromatic N) is 2. The Labute approximate surface area is 250 Å². The SMILES string of the molecule is CN1C(=O)c2cc(NC(=O)Nc3ccccc3Cl)ccc2OC[C@H]2O[C@@H](CC(=O)NCCCN3CCOCC3)CC[C@H]21. The lowest BCUT2D eigenvalue weighted by atomic mass is 9.94. The van der Waals surface area contributed by atoms with E-state index < -0.39 is 6.03 Å². The van der Waals surface area contributed by atoms with Crippen LogP contribution >= 0.6 is 11.6 Å². The van der Waals surface area contributed by atoms with E-state index in [4.69, 9.17) is 25.8 Å². The lowest BCUT2D eigenvalue weighted by Gasteiger charge is -2.42. The summed E-state index contributed by atoms with van der Waals surface area (Å²) in [6, 6.07) is 11.2. The van der Waals surface area contributed by atoms with Gasteiger partial charge in [0.25, 0.3) is 5.91 Å². The Morgan fingerprint density at radius 1 is 1.07 bits per heavy atom. The van der Waals surface area contributed by atoms with Gasteiger partial charge in [0.1, 0.15) is 18.5 Å². The van der Waals surface area contributed by atoms with Crippen LogP contribution in [0.2, 0.25) is 5.02 Å². The van der Waals surface area contributed by atoms with Gasteiger partial charge in [0, 0.05) is 32.4 Å². The first-order valence-corrected chi connectivity index (χ1v) is 14.8. The zero-order valence-electron chi connectivity index (χ0n) is 23.8. The highest BCUT2D eigenvalue weighted by Gasteiger charge is 2.39. The zero-order chi connectivity index (χ0) is 29.5. The molecule has 0 aromatic heterocycles. The molecule has 0 unspecified atom stereocenters. The molecule has 42 heavy (non-hydrogen) atoms. The maximum atomic E-state index is 13.5. The second-order valence-corrected chi connectivity index (χ2v) is 11.2. The summed E-state index contributed by atoms with van der Waals surface area (Å²) in [4.78, 5) is 42.7. The summed E-state index contributed by atoms with van der Waals surface area (Å²) in [5.41, 5.74) is 1.27. The van der Waals surface area contributed by atoms with Crippen molar-refractivity contribution in [3.8, 4) is 5.75 Å². The Morgan fingerprint density at radius 2 is 1.88 bits per heavy atom. The predicted octanol–water partition coefficient (Wildman–Crippen LogP) is 3.59. The maximum Gasteiger partial charge on any atom is 0.323 e. The molecule has 2 aromatic rings. The van der Waals surface area contributed by atoms with Gasteiger partial charge in [-0.25, -0.2) is 4.79 Å². The van der Waals surface area contributed by atoms with Crippen molar-refractivity contribution in [1.29, 1.82) is 0 Å². The monoisotopic (exact) mass is 599 g/mol. The topological polar surface area (TPSA) is 121 Å². The molecule has 3 heterocycles. The third kappa shape index (κ3) is 7.71. The lowest BCUT2D eigenvalue weighted by molar-refractivity contribution is -0.134. The Bertz CT molecular complexity index is 1270. The smallest absolute Gasteiger partial charge is 0.323 e. The molecule has 226 valence electrons. The molecule has 11 nitrogen and oxygen atoms in total. The second-order valence-electron chi connectivity index (χ2n) is 10.8. The summed E-state index contributed by atoms with van der Waals surface area (Å²) in [5, 5.41) is 8.89. The Balaban J connectivity index is 1.13. The molecule has 3 aliphatic rings. The van der Waals surface area contributed by atoms with Gasteiger partial charge in [-0.3, -0.25) is 14.5 Å². The molecule has 0 aliphatic carbocycles. The van der Waals surface area contributed by atoms with Crippen LogP contribution in [-0.4, -0.2) is 98.9 Å². The normalized spacial score (nSPS) is 22.6. The first kappa shape index (κ1) is 30.1. The summed E-state index contributed by atoms with van der Waals surface area (Å²) in [6.07, 6.45) is 1.93. The zero-order valence-corrected chi connectivity index (χ0v) is 24.5. The van der Waals surface area contributed by atoms with Crippen LogP contribution in [0.5, 0.6) is 5.75 Å². The van der Waals surface area contributed by atoms with Crippen molar-refractivity contribution in [1.82, 2.24) is 15.1 Å². The average molecular weight is 600 g/mol. The van der Waals surface area contributed by atoms with Gasteiger partial charge in [-0.2, -0.15) is 0 Å². The number of fused-ring (bicyclic) bond motifs is 2. The standard InChI is InChI=1S/C30H38ClN5O6/c1-35-25-9-8-21(18-28(37)32-11-4-12-36-13-15-40-16-14-36)42-27(25)19-41-26-10-7-20(17-22(26)29(35)38)33-30(39)34-24-6-3-2-5-23(24)31/h2-3,5-7,10,17,21,25,27H,4,8-9,11-16,18-19H2,1H3,(H,32,37)(H2,33,34,39)/t21-,25-,27-/m1/s1. The van der Waals surface area contributed by atoms with Gasteiger partial charge in [0.15, 0.2) is 0 Å². The minimum absolute atomic E-state index is 0.0273.